The number of carbonyl (C=O) groups excluding carboxylic acids is 3. The fourth-order valence-electron chi connectivity index (χ4n) is 3.53. The quantitative estimate of drug-likeness (QED) is 0.404. The first-order chi connectivity index (χ1) is 16.4. The van der Waals surface area contributed by atoms with Gasteiger partial charge in [0.1, 0.15) is 12.4 Å². The Balaban J connectivity index is 2.09. The molecule has 35 heavy (non-hydrogen) atoms. The maximum Gasteiger partial charge on any atom is 0.308 e. The Hall–Kier alpha value is -3.08. The first-order valence-electron chi connectivity index (χ1n) is 11.6. The highest BCUT2D eigenvalue weighted by Crippen LogP contribution is 2.45. The molecule has 10 nitrogen and oxygen atoms in total. The lowest BCUT2D eigenvalue weighted by Gasteiger charge is -2.28. The van der Waals surface area contributed by atoms with Crippen molar-refractivity contribution in [2.24, 2.45) is 17.8 Å². The van der Waals surface area contributed by atoms with Gasteiger partial charge in [0.2, 0.25) is 6.10 Å². The maximum atomic E-state index is 16.4. The van der Waals surface area contributed by atoms with Crippen LogP contribution in [0.2, 0.25) is 0 Å². The van der Waals surface area contributed by atoms with E-state index in [1.807, 2.05) is 0 Å². The molecule has 0 saturated carbocycles. The fourth-order valence-corrected chi connectivity index (χ4v) is 3.53. The number of hydrogen-bond donors (Lipinski definition) is 0. The van der Waals surface area contributed by atoms with Gasteiger partial charge in [-0.3, -0.25) is 14.4 Å². The number of ether oxygens (including phenoxy) is 4. The number of rotatable bonds is 8. The molecule has 3 rings (SSSR count). The van der Waals surface area contributed by atoms with Crippen LogP contribution >= 0.6 is 0 Å². The van der Waals surface area contributed by atoms with Gasteiger partial charge in [0.15, 0.2) is 12.7 Å². The number of esters is 3. The van der Waals surface area contributed by atoms with Crippen LogP contribution in [-0.4, -0.2) is 57.2 Å². The van der Waals surface area contributed by atoms with E-state index in [4.69, 9.17) is 18.9 Å². The lowest BCUT2D eigenvalue weighted by molar-refractivity contribution is -0.221. The molecule has 1 aliphatic heterocycles. The predicted molar refractivity (Wildman–Crippen MR) is 121 cm³/mol. The molecule has 2 aromatic rings. The second-order valence-electron chi connectivity index (χ2n) is 9.56. The van der Waals surface area contributed by atoms with Gasteiger partial charge in [0.25, 0.3) is 5.85 Å². The van der Waals surface area contributed by atoms with Crippen molar-refractivity contribution >= 4 is 23.4 Å². The topological polar surface area (TPSA) is 118 Å². The Labute approximate surface area is 203 Å². The van der Waals surface area contributed by atoms with Gasteiger partial charge in [-0.05, 0) is 19.1 Å². The first-order valence-corrected chi connectivity index (χ1v) is 11.6. The van der Waals surface area contributed by atoms with E-state index < -0.39 is 66.4 Å². The minimum Gasteiger partial charge on any atom is -0.459 e. The van der Waals surface area contributed by atoms with Gasteiger partial charge >= 0.3 is 17.9 Å². The van der Waals surface area contributed by atoms with E-state index in [1.165, 1.54) is 10.8 Å². The number of halogens is 1. The van der Waals surface area contributed by atoms with Crippen LogP contribution in [0.4, 0.5) is 4.39 Å². The molecule has 4 atom stereocenters. The normalized spacial score (nSPS) is 24.4. The van der Waals surface area contributed by atoms with Crippen molar-refractivity contribution in [1.29, 1.82) is 0 Å². The number of alkyl halides is 1. The summed E-state index contributed by atoms with van der Waals surface area (Å²) in [5.74, 6) is -6.45. The number of fused-ring (bicyclic) bond motifs is 1. The number of carbonyl (C=O) groups is 3. The first kappa shape index (κ1) is 26.5. The summed E-state index contributed by atoms with van der Waals surface area (Å²) >= 11 is 0. The van der Waals surface area contributed by atoms with Crippen LogP contribution in [0.15, 0.2) is 18.5 Å². The molecular formula is C24H32FN3O7. The third-order valence-electron chi connectivity index (χ3n) is 5.63. The Morgan fingerprint density at radius 2 is 1.63 bits per heavy atom. The van der Waals surface area contributed by atoms with Crippen molar-refractivity contribution in [2.75, 3.05) is 6.61 Å². The van der Waals surface area contributed by atoms with Gasteiger partial charge in [-0.1, -0.05) is 41.5 Å². The van der Waals surface area contributed by atoms with Crippen LogP contribution in [0.1, 0.15) is 59.0 Å². The van der Waals surface area contributed by atoms with Crippen molar-refractivity contribution < 1.29 is 37.7 Å². The Bertz CT molecular complexity index is 1100. The van der Waals surface area contributed by atoms with Crippen LogP contribution in [0.5, 0.6) is 0 Å². The molecular weight excluding hydrogens is 461 g/mol. The van der Waals surface area contributed by atoms with Crippen LogP contribution < -0.4 is 0 Å². The highest BCUT2D eigenvalue weighted by Gasteiger charge is 2.62. The van der Waals surface area contributed by atoms with E-state index in [0.717, 1.165) is 0 Å². The van der Waals surface area contributed by atoms with E-state index >= 15 is 4.39 Å². The van der Waals surface area contributed by atoms with Gasteiger partial charge in [-0.2, -0.15) is 5.10 Å². The van der Waals surface area contributed by atoms with E-state index in [-0.39, 0.29) is 0 Å². The molecule has 2 aromatic heterocycles. The summed E-state index contributed by atoms with van der Waals surface area (Å²) in [4.78, 5) is 41.4. The monoisotopic (exact) mass is 493 g/mol. The average molecular weight is 494 g/mol. The number of aryl methyl sites for hydroxylation is 1. The van der Waals surface area contributed by atoms with Gasteiger partial charge in [-0.25, -0.2) is 13.9 Å². The van der Waals surface area contributed by atoms with Gasteiger partial charge in [-0.15, -0.1) is 0 Å². The summed E-state index contributed by atoms with van der Waals surface area (Å²) in [6.07, 6.45) is -2.95. The Morgan fingerprint density at radius 1 is 1.03 bits per heavy atom. The molecule has 0 amide bonds. The average Bonchev–Trinajstić information content (AvgIpc) is 3.33. The molecule has 192 valence electrons. The number of hydrogen-bond acceptors (Lipinski definition) is 9. The summed E-state index contributed by atoms with van der Waals surface area (Å²) in [6.45, 7) is 10.5. The zero-order valence-electron chi connectivity index (χ0n) is 21.0. The van der Waals surface area contributed by atoms with Crippen LogP contribution in [0.3, 0.4) is 0 Å². The van der Waals surface area contributed by atoms with Crippen molar-refractivity contribution in [3.8, 4) is 0 Å². The zero-order chi connectivity index (χ0) is 26.1. The summed E-state index contributed by atoms with van der Waals surface area (Å²) < 4.78 is 40.0. The molecule has 0 bridgehead atoms. The highest BCUT2D eigenvalue weighted by molar-refractivity contribution is 5.73. The Kier molecular flexibility index (Phi) is 7.78. The van der Waals surface area contributed by atoms with Gasteiger partial charge in [0, 0.05) is 0 Å². The second-order valence-corrected chi connectivity index (χ2v) is 9.56. The third-order valence-corrected chi connectivity index (χ3v) is 5.63. The van der Waals surface area contributed by atoms with E-state index in [2.05, 4.69) is 10.1 Å². The molecule has 0 aromatic carbocycles. The number of nitrogens with zero attached hydrogens (tertiary/aromatic N) is 3. The smallest absolute Gasteiger partial charge is 0.308 e. The van der Waals surface area contributed by atoms with Crippen LogP contribution in [0, 0.1) is 24.7 Å². The van der Waals surface area contributed by atoms with E-state index in [1.54, 1.807) is 60.6 Å². The lowest BCUT2D eigenvalue weighted by atomic mass is 10.0. The Morgan fingerprint density at radius 3 is 2.23 bits per heavy atom. The minimum absolute atomic E-state index is 0.354. The summed E-state index contributed by atoms with van der Waals surface area (Å²) in [6, 6.07) is 3.37. The van der Waals surface area contributed by atoms with Crippen LogP contribution in [0.25, 0.3) is 5.52 Å². The fraction of sp³-hybridized carbons (Fsp3) is 0.625. The summed E-state index contributed by atoms with van der Waals surface area (Å²) in [7, 11) is 0. The molecule has 0 N–H and O–H groups in total. The lowest BCUT2D eigenvalue weighted by Crippen LogP contribution is -2.48. The third kappa shape index (κ3) is 5.44. The molecule has 1 fully saturated rings. The molecule has 1 saturated heterocycles. The van der Waals surface area contributed by atoms with E-state index in [9.17, 15) is 14.4 Å². The maximum absolute atomic E-state index is 16.4. The minimum atomic E-state index is -2.78. The molecule has 0 aliphatic carbocycles. The molecule has 1 aliphatic rings. The molecule has 0 radical (unpaired) electrons. The van der Waals surface area contributed by atoms with Crippen molar-refractivity contribution in [2.45, 2.75) is 72.6 Å². The summed E-state index contributed by atoms with van der Waals surface area (Å²) in [5, 5.41) is 4.22. The van der Waals surface area contributed by atoms with Crippen LogP contribution in [-0.2, 0) is 33.3 Å². The zero-order valence-corrected chi connectivity index (χ0v) is 21.0. The van der Waals surface area contributed by atoms with Gasteiger partial charge in [0.05, 0.1) is 34.7 Å². The largest absolute Gasteiger partial charge is 0.459 e. The molecule has 3 heterocycles. The molecule has 0 unspecified atom stereocenters. The van der Waals surface area contributed by atoms with Gasteiger partial charge < -0.3 is 18.9 Å². The molecule has 11 heteroatoms. The predicted octanol–water partition coefficient (Wildman–Crippen LogP) is 3.11. The summed E-state index contributed by atoms with van der Waals surface area (Å²) in [5.41, 5.74) is 1.66. The standard InChI is InChI=1S/C24H32FN3O7/c1-12(2)21(29)32-10-24(25)20(34-23(31)14(5)6)19(33-22(30)13(3)4)18(35-24)17-9-8-16-15(7)26-11-27-28(16)17/h8-9,11-14,18-20H,10H2,1-7H3/t18-,19-,20-,24+/m0/s1. The highest BCUT2D eigenvalue weighted by atomic mass is 19.2. The second kappa shape index (κ2) is 10.3. The number of aromatic nitrogens is 3. The van der Waals surface area contributed by atoms with Crippen molar-refractivity contribution in [1.82, 2.24) is 14.6 Å². The van der Waals surface area contributed by atoms with Crippen molar-refractivity contribution in [3.63, 3.8) is 0 Å². The molecule has 0 spiro atoms. The van der Waals surface area contributed by atoms with E-state index in [0.29, 0.717) is 16.9 Å². The van der Waals surface area contributed by atoms with Crippen molar-refractivity contribution in [3.05, 3.63) is 29.8 Å². The SMILES string of the molecule is Cc1ncnn2c([C@@H]3O[C@](F)(COC(=O)C(C)C)[C@@H](OC(=O)C(C)C)[C@H]3OC(=O)C(C)C)ccc12.